The molecule has 0 spiro atoms. The van der Waals surface area contributed by atoms with Gasteiger partial charge in [0.15, 0.2) is 0 Å². The molecule has 132 valence electrons. The van der Waals surface area contributed by atoms with Crippen molar-refractivity contribution in [1.29, 1.82) is 0 Å². The Kier molecular flexibility index (Phi) is 4.98. The van der Waals surface area contributed by atoms with Crippen molar-refractivity contribution in [3.63, 3.8) is 0 Å². The molecule has 0 unspecified atom stereocenters. The Balaban J connectivity index is 1.84. The maximum atomic E-state index is 11.3. The van der Waals surface area contributed by atoms with Gasteiger partial charge in [0.05, 0.1) is 18.4 Å². The van der Waals surface area contributed by atoms with E-state index >= 15 is 0 Å². The highest BCUT2D eigenvalue weighted by Crippen LogP contribution is 2.23. The molecule has 0 bridgehead atoms. The molecule has 0 fully saturated rings. The van der Waals surface area contributed by atoms with Crippen LogP contribution in [0.5, 0.6) is 5.75 Å². The highest BCUT2D eigenvalue weighted by atomic mass is 16.5. The van der Waals surface area contributed by atoms with Crippen molar-refractivity contribution in [2.45, 2.75) is 6.92 Å². The number of benzene rings is 2. The van der Waals surface area contributed by atoms with Crippen molar-refractivity contribution in [1.82, 2.24) is 9.97 Å². The molecule has 3 aromatic rings. The van der Waals surface area contributed by atoms with Crippen LogP contribution in [-0.2, 0) is 0 Å². The summed E-state index contributed by atoms with van der Waals surface area (Å²) in [4.78, 5) is 20.1. The maximum Gasteiger partial charge on any atom is 0.337 e. The molecule has 2 aromatic carbocycles. The van der Waals surface area contributed by atoms with Crippen LogP contribution < -0.4 is 15.4 Å². The number of carbonyl (C=O) groups is 1. The normalized spacial score (nSPS) is 10.2. The summed E-state index contributed by atoms with van der Waals surface area (Å²) in [5.74, 6) is 0.663. The number of ether oxygens (including phenoxy) is 1. The van der Waals surface area contributed by atoms with E-state index in [1.165, 1.54) is 6.07 Å². The van der Waals surface area contributed by atoms with Crippen LogP contribution in [0.15, 0.2) is 54.6 Å². The number of rotatable bonds is 6. The topological polar surface area (TPSA) is 96.4 Å². The third kappa shape index (κ3) is 4.07. The number of aromatic carboxylic acids is 1. The first-order valence-electron chi connectivity index (χ1n) is 7.91. The Hall–Kier alpha value is -3.61. The molecule has 1 heterocycles. The summed E-state index contributed by atoms with van der Waals surface area (Å²) < 4.78 is 5.14. The number of nitrogens with zero attached hydrogens (tertiary/aromatic N) is 2. The zero-order chi connectivity index (χ0) is 18.5. The van der Waals surface area contributed by atoms with Gasteiger partial charge < -0.3 is 20.5 Å². The molecular formula is C19H18N4O3. The minimum Gasteiger partial charge on any atom is -0.497 e. The van der Waals surface area contributed by atoms with E-state index < -0.39 is 5.97 Å². The molecule has 7 nitrogen and oxygen atoms in total. The summed E-state index contributed by atoms with van der Waals surface area (Å²) in [6.45, 7) is 1.84. The summed E-state index contributed by atoms with van der Waals surface area (Å²) in [6.07, 6.45) is 0. The van der Waals surface area contributed by atoms with Gasteiger partial charge in [-0.05, 0) is 43.3 Å². The lowest BCUT2D eigenvalue weighted by Crippen LogP contribution is -2.05. The predicted molar refractivity (Wildman–Crippen MR) is 99.7 cm³/mol. The molecule has 0 aliphatic heterocycles. The van der Waals surface area contributed by atoms with E-state index in [-0.39, 0.29) is 5.56 Å². The van der Waals surface area contributed by atoms with Gasteiger partial charge in [0.2, 0.25) is 5.95 Å². The first-order chi connectivity index (χ1) is 12.5. The molecule has 3 N–H and O–H groups in total. The van der Waals surface area contributed by atoms with Crippen LogP contribution in [0.25, 0.3) is 0 Å². The molecule has 0 amide bonds. The SMILES string of the molecule is COc1ccc(Nc2nc(C)cc(Nc3ccccc3C(=O)O)n2)cc1. The maximum absolute atomic E-state index is 11.3. The number of anilines is 4. The number of methoxy groups -OCH3 is 1. The number of nitrogens with one attached hydrogen (secondary N) is 2. The fourth-order valence-corrected chi connectivity index (χ4v) is 2.41. The van der Waals surface area contributed by atoms with Gasteiger partial charge in [0.25, 0.3) is 0 Å². The van der Waals surface area contributed by atoms with E-state index in [4.69, 9.17) is 4.74 Å². The third-order valence-electron chi connectivity index (χ3n) is 3.62. The Morgan fingerprint density at radius 1 is 1.04 bits per heavy atom. The molecule has 0 radical (unpaired) electrons. The van der Waals surface area contributed by atoms with Gasteiger partial charge in [-0.1, -0.05) is 12.1 Å². The van der Waals surface area contributed by atoms with Crippen molar-refractivity contribution in [2.24, 2.45) is 0 Å². The number of aryl methyl sites for hydroxylation is 1. The second-order valence-corrected chi connectivity index (χ2v) is 5.55. The van der Waals surface area contributed by atoms with Crippen molar-refractivity contribution in [3.8, 4) is 5.75 Å². The molecule has 1 aromatic heterocycles. The summed E-state index contributed by atoms with van der Waals surface area (Å²) >= 11 is 0. The third-order valence-corrected chi connectivity index (χ3v) is 3.62. The van der Waals surface area contributed by atoms with Gasteiger partial charge in [0.1, 0.15) is 11.6 Å². The highest BCUT2D eigenvalue weighted by molar-refractivity contribution is 5.95. The molecule has 0 aliphatic rings. The van der Waals surface area contributed by atoms with E-state index in [1.54, 1.807) is 31.4 Å². The van der Waals surface area contributed by atoms with Crippen LogP contribution in [0.1, 0.15) is 16.1 Å². The fourth-order valence-electron chi connectivity index (χ4n) is 2.41. The largest absolute Gasteiger partial charge is 0.497 e. The first kappa shape index (κ1) is 17.2. The van der Waals surface area contributed by atoms with Crippen LogP contribution in [0.4, 0.5) is 23.1 Å². The first-order valence-corrected chi connectivity index (χ1v) is 7.91. The fraction of sp³-hybridized carbons (Fsp3) is 0.105. The number of carboxylic acids is 1. The summed E-state index contributed by atoms with van der Waals surface area (Å²) in [7, 11) is 1.61. The molecule has 0 saturated carbocycles. The summed E-state index contributed by atoms with van der Waals surface area (Å²) in [6, 6.07) is 15.8. The molecule has 0 aliphatic carbocycles. The van der Waals surface area contributed by atoms with E-state index in [9.17, 15) is 9.90 Å². The number of carboxylic acid groups (broad SMARTS) is 1. The van der Waals surface area contributed by atoms with E-state index in [2.05, 4.69) is 20.6 Å². The van der Waals surface area contributed by atoms with Crippen LogP contribution >= 0.6 is 0 Å². The van der Waals surface area contributed by atoms with Gasteiger partial charge in [0, 0.05) is 17.4 Å². The van der Waals surface area contributed by atoms with E-state index in [0.717, 1.165) is 17.1 Å². The monoisotopic (exact) mass is 350 g/mol. The summed E-state index contributed by atoms with van der Waals surface area (Å²) in [5.41, 5.74) is 2.20. The average Bonchev–Trinajstić information content (AvgIpc) is 2.62. The lowest BCUT2D eigenvalue weighted by molar-refractivity contribution is 0.0698. The molecule has 26 heavy (non-hydrogen) atoms. The predicted octanol–water partition coefficient (Wildman–Crippen LogP) is 3.98. The average molecular weight is 350 g/mol. The van der Waals surface area contributed by atoms with Crippen LogP contribution in [0.2, 0.25) is 0 Å². The standard InChI is InChI=1S/C19H18N4O3/c1-12-11-17(22-16-6-4-3-5-15(16)18(24)25)23-19(20-12)21-13-7-9-14(26-2)10-8-13/h3-11H,1-2H3,(H,24,25)(H2,20,21,22,23). The van der Waals surface area contributed by atoms with Gasteiger partial charge in [-0.3, -0.25) is 0 Å². The lowest BCUT2D eigenvalue weighted by atomic mass is 10.2. The van der Waals surface area contributed by atoms with Crippen molar-refractivity contribution in [3.05, 3.63) is 65.9 Å². The number of para-hydroxylation sites is 1. The highest BCUT2D eigenvalue weighted by Gasteiger charge is 2.10. The van der Waals surface area contributed by atoms with Crippen molar-refractivity contribution < 1.29 is 14.6 Å². The van der Waals surface area contributed by atoms with E-state index in [0.29, 0.717) is 17.5 Å². The molecule has 3 rings (SSSR count). The molecular weight excluding hydrogens is 332 g/mol. The van der Waals surface area contributed by atoms with Gasteiger partial charge >= 0.3 is 5.97 Å². The Bertz CT molecular complexity index is 926. The van der Waals surface area contributed by atoms with Crippen LogP contribution in [-0.4, -0.2) is 28.2 Å². The van der Waals surface area contributed by atoms with Gasteiger partial charge in [-0.2, -0.15) is 4.98 Å². The second-order valence-electron chi connectivity index (χ2n) is 5.55. The van der Waals surface area contributed by atoms with Gasteiger partial charge in [-0.25, -0.2) is 9.78 Å². The number of hydrogen-bond donors (Lipinski definition) is 3. The Labute approximate surface area is 150 Å². The van der Waals surface area contributed by atoms with Crippen molar-refractivity contribution in [2.75, 3.05) is 17.7 Å². The van der Waals surface area contributed by atoms with Crippen LogP contribution in [0.3, 0.4) is 0 Å². The zero-order valence-corrected chi connectivity index (χ0v) is 14.4. The zero-order valence-electron chi connectivity index (χ0n) is 14.4. The number of hydrogen-bond acceptors (Lipinski definition) is 6. The minimum absolute atomic E-state index is 0.174. The Morgan fingerprint density at radius 2 is 1.77 bits per heavy atom. The van der Waals surface area contributed by atoms with Crippen molar-refractivity contribution >= 4 is 29.1 Å². The van der Waals surface area contributed by atoms with Gasteiger partial charge in [-0.15, -0.1) is 0 Å². The minimum atomic E-state index is -1.00. The Morgan fingerprint density at radius 3 is 2.46 bits per heavy atom. The molecule has 0 atom stereocenters. The smallest absolute Gasteiger partial charge is 0.337 e. The number of aromatic nitrogens is 2. The summed E-state index contributed by atoms with van der Waals surface area (Å²) in [5, 5.41) is 15.5. The lowest BCUT2D eigenvalue weighted by Gasteiger charge is -2.12. The molecule has 7 heteroatoms. The second kappa shape index (κ2) is 7.52. The van der Waals surface area contributed by atoms with Crippen LogP contribution in [0, 0.1) is 6.92 Å². The molecule has 0 saturated heterocycles. The quantitative estimate of drug-likeness (QED) is 0.619. The van der Waals surface area contributed by atoms with E-state index in [1.807, 2.05) is 31.2 Å².